The van der Waals surface area contributed by atoms with E-state index in [1.807, 2.05) is 18.2 Å². The van der Waals surface area contributed by atoms with Crippen molar-refractivity contribution in [2.24, 2.45) is 5.73 Å². The molecular weight excluding hydrogens is 253 g/mol. The molecule has 2 nitrogen and oxygen atoms in total. The summed E-state index contributed by atoms with van der Waals surface area (Å²) in [5.74, 6) is 0. The first-order valence-corrected chi connectivity index (χ1v) is 5.04. The van der Waals surface area contributed by atoms with E-state index in [-0.39, 0.29) is 6.10 Å². The highest BCUT2D eigenvalue weighted by Crippen LogP contribution is 2.27. The van der Waals surface area contributed by atoms with Crippen molar-refractivity contribution in [3.8, 4) is 0 Å². The van der Waals surface area contributed by atoms with Crippen LogP contribution in [0.25, 0.3) is 0 Å². The summed E-state index contributed by atoms with van der Waals surface area (Å²) in [6, 6.07) is 5.56. The quantitative estimate of drug-likeness (QED) is 0.911. The maximum atomic E-state index is 5.86. The van der Waals surface area contributed by atoms with E-state index in [0.29, 0.717) is 11.6 Å². The van der Waals surface area contributed by atoms with Crippen LogP contribution in [0.15, 0.2) is 22.7 Å². The molecule has 1 rings (SSSR count). The van der Waals surface area contributed by atoms with Crippen LogP contribution in [0.3, 0.4) is 0 Å². The highest BCUT2D eigenvalue weighted by atomic mass is 79.9. The molecule has 0 aliphatic carbocycles. The molecule has 4 heteroatoms. The largest absolute Gasteiger partial charge is 0.375 e. The van der Waals surface area contributed by atoms with Crippen LogP contribution in [0.5, 0.6) is 0 Å². The van der Waals surface area contributed by atoms with Crippen LogP contribution in [-0.4, -0.2) is 13.7 Å². The van der Waals surface area contributed by atoms with Crippen molar-refractivity contribution in [3.05, 3.63) is 33.3 Å². The molecule has 13 heavy (non-hydrogen) atoms. The molecule has 0 heterocycles. The SMILES string of the molecule is COC(CN)c1cc(Cl)ccc1Br. The van der Waals surface area contributed by atoms with Gasteiger partial charge >= 0.3 is 0 Å². The molecule has 0 aromatic heterocycles. The maximum absolute atomic E-state index is 5.86. The minimum Gasteiger partial charge on any atom is -0.375 e. The van der Waals surface area contributed by atoms with Gasteiger partial charge in [0.1, 0.15) is 0 Å². The van der Waals surface area contributed by atoms with E-state index in [4.69, 9.17) is 22.1 Å². The molecule has 0 saturated carbocycles. The van der Waals surface area contributed by atoms with Crippen molar-refractivity contribution >= 4 is 27.5 Å². The third-order valence-electron chi connectivity index (χ3n) is 1.80. The second-order valence-electron chi connectivity index (χ2n) is 2.63. The number of ether oxygens (including phenoxy) is 1. The lowest BCUT2D eigenvalue weighted by Crippen LogP contribution is -2.14. The van der Waals surface area contributed by atoms with E-state index in [1.165, 1.54) is 0 Å². The van der Waals surface area contributed by atoms with Crippen molar-refractivity contribution < 1.29 is 4.74 Å². The summed E-state index contributed by atoms with van der Waals surface area (Å²) >= 11 is 9.28. The molecule has 72 valence electrons. The van der Waals surface area contributed by atoms with Gasteiger partial charge in [0.15, 0.2) is 0 Å². The number of hydrogen-bond donors (Lipinski definition) is 1. The van der Waals surface area contributed by atoms with Gasteiger partial charge in [-0.1, -0.05) is 27.5 Å². The molecule has 2 N–H and O–H groups in total. The number of benzene rings is 1. The minimum atomic E-state index is -0.104. The summed E-state index contributed by atoms with van der Waals surface area (Å²) in [6.07, 6.45) is -0.104. The van der Waals surface area contributed by atoms with Gasteiger partial charge in [0.05, 0.1) is 6.10 Å². The first kappa shape index (κ1) is 11.0. The lowest BCUT2D eigenvalue weighted by Gasteiger charge is -2.15. The molecule has 1 aromatic rings. The second-order valence-corrected chi connectivity index (χ2v) is 3.92. The first-order chi connectivity index (χ1) is 6.19. The third kappa shape index (κ3) is 2.68. The number of methoxy groups -OCH3 is 1. The highest BCUT2D eigenvalue weighted by molar-refractivity contribution is 9.10. The lowest BCUT2D eigenvalue weighted by atomic mass is 10.1. The van der Waals surface area contributed by atoms with Crippen molar-refractivity contribution in [3.63, 3.8) is 0 Å². The standard InChI is InChI=1S/C9H11BrClNO/c1-13-9(5-12)7-4-6(11)2-3-8(7)10/h2-4,9H,5,12H2,1H3. The fourth-order valence-corrected chi connectivity index (χ4v) is 1.79. The Morgan fingerprint density at radius 3 is 2.85 bits per heavy atom. The molecule has 1 atom stereocenters. The Bertz CT molecular complexity index is 289. The topological polar surface area (TPSA) is 35.2 Å². The predicted molar refractivity (Wildman–Crippen MR) is 58.0 cm³/mol. The van der Waals surface area contributed by atoms with Gasteiger partial charge in [0.2, 0.25) is 0 Å². The number of rotatable bonds is 3. The van der Waals surface area contributed by atoms with E-state index < -0.39 is 0 Å². The van der Waals surface area contributed by atoms with Crippen molar-refractivity contribution in [2.45, 2.75) is 6.10 Å². The smallest absolute Gasteiger partial charge is 0.0954 e. The van der Waals surface area contributed by atoms with Gasteiger partial charge in [0, 0.05) is 23.1 Å². The van der Waals surface area contributed by atoms with E-state index in [1.54, 1.807) is 7.11 Å². The molecule has 0 aliphatic heterocycles. The Balaban J connectivity index is 3.03. The molecule has 0 saturated heterocycles. The second kappa shape index (κ2) is 4.96. The van der Waals surface area contributed by atoms with E-state index in [0.717, 1.165) is 10.0 Å². The summed E-state index contributed by atoms with van der Waals surface area (Å²) < 4.78 is 6.17. The summed E-state index contributed by atoms with van der Waals surface area (Å²) in [5, 5.41) is 0.689. The van der Waals surface area contributed by atoms with Gasteiger partial charge in [-0.2, -0.15) is 0 Å². The Morgan fingerprint density at radius 1 is 1.62 bits per heavy atom. The van der Waals surface area contributed by atoms with Crippen LogP contribution in [-0.2, 0) is 4.74 Å². The van der Waals surface area contributed by atoms with Crippen molar-refractivity contribution in [1.82, 2.24) is 0 Å². The molecule has 0 fully saturated rings. The normalized spacial score (nSPS) is 12.9. The number of hydrogen-bond acceptors (Lipinski definition) is 2. The molecule has 0 bridgehead atoms. The monoisotopic (exact) mass is 263 g/mol. The average molecular weight is 265 g/mol. The van der Waals surface area contributed by atoms with Crippen LogP contribution in [0.4, 0.5) is 0 Å². The predicted octanol–water partition coefficient (Wildman–Crippen LogP) is 2.75. The minimum absolute atomic E-state index is 0.104. The van der Waals surface area contributed by atoms with Gasteiger partial charge in [-0.05, 0) is 23.8 Å². The van der Waals surface area contributed by atoms with Crippen LogP contribution in [0.2, 0.25) is 5.02 Å². The lowest BCUT2D eigenvalue weighted by molar-refractivity contribution is 0.110. The van der Waals surface area contributed by atoms with Gasteiger partial charge in [-0.15, -0.1) is 0 Å². The molecular formula is C9H11BrClNO. The third-order valence-corrected chi connectivity index (χ3v) is 2.76. The van der Waals surface area contributed by atoms with Gasteiger partial charge in [-0.3, -0.25) is 0 Å². The summed E-state index contributed by atoms with van der Waals surface area (Å²) in [6.45, 7) is 0.440. The van der Waals surface area contributed by atoms with Crippen LogP contribution >= 0.6 is 27.5 Å². The van der Waals surface area contributed by atoms with Crippen molar-refractivity contribution in [2.75, 3.05) is 13.7 Å². The number of nitrogens with two attached hydrogens (primary N) is 1. The highest BCUT2D eigenvalue weighted by Gasteiger charge is 2.11. The van der Waals surface area contributed by atoms with Gasteiger partial charge in [-0.25, -0.2) is 0 Å². The molecule has 0 aliphatic rings. The van der Waals surface area contributed by atoms with Crippen LogP contribution < -0.4 is 5.73 Å². The van der Waals surface area contributed by atoms with E-state index >= 15 is 0 Å². The number of halogens is 2. The van der Waals surface area contributed by atoms with Crippen molar-refractivity contribution in [1.29, 1.82) is 0 Å². The maximum Gasteiger partial charge on any atom is 0.0954 e. The van der Waals surface area contributed by atoms with E-state index in [2.05, 4.69) is 15.9 Å². The zero-order valence-electron chi connectivity index (χ0n) is 7.26. The Hall–Kier alpha value is -0.0900. The fraction of sp³-hybridized carbons (Fsp3) is 0.333. The van der Waals surface area contributed by atoms with Crippen LogP contribution in [0.1, 0.15) is 11.7 Å². The summed E-state index contributed by atoms with van der Waals surface area (Å²) in [5.41, 5.74) is 6.53. The Labute approximate surface area is 91.2 Å². The Morgan fingerprint density at radius 2 is 2.31 bits per heavy atom. The fourth-order valence-electron chi connectivity index (χ4n) is 1.11. The molecule has 0 spiro atoms. The molecule has 1 aromatic carbocycles. The van der Waals surface area contributed by atoms with Crippen LogP contribution in [0, 0.1) is 0 Å². The van der Waals surface area contributed by atoms with Gasteiger partial charge in [0.25, 0.3) is 0 Å². The zero-order chi connectivity index (χ0) is 9.84. The van der Waals surface area contributed by atoms with Gasteiger partial charge < -0.3 is 10.5 Å². The summed E-state index contributed by atoms with van der Waals surface area (Å²) in [4.78, 5) is 0. The summed E-state index contributed by atoms with van der Waals surface area (Å²) in [7, 11) is 1.63. The molecule has 1 unspecified atom stereocenters. The Kier molecular flexibility index (Phi) is 4.19. The molecule has 0 radical (unpaired) electrons. The molecule has 0 amide bonds. The zero-order valence-corrected chi connectivity index (χ0v) is 9.60. The van der Waals surface area contributed by atoms with E-state index in [9.17, 15) is 0 Å². The first-order valence-electron chi connectivity index (χ1n) is 3.87. The average Bonchev–Trinajstić information content (AvgIpc) is 2.13.